The highest BCUT2D eigenvalue weighted by Gasteiger charge is 2.37. The number of aromatic nitrogens is 2. The predicted octanol–water partition coefficient (Wildman–Crippen LogP) is 10.6. The fourth-order valence-corrected chi connectivity index (χ4v) is 6.48. The Morgan fingerprint density at radius 1 is 0.778 bits per heavy atom. The molecule has 0 spiro atoms. The van der Waals surface area contributed by atoms with Crippen molar-refractivity contribution in [2.75, 3.05) is 4.90 Å². The van der Waals surface area contributed by atoms with E-state index in [0.717, 1.165) is 56.1 Å². The Labute approximate surface area is 264 Å². The van der Waals surface area contributed by atoms with Gasteiger partial charge in [-0.2, -0.15) is 0 Å². The maximum atomic E-state index is 11.0. The third kappa shape index (κ3) is 4.71. The molecule has 0 unspecified atom stereocenters. The number of hydrogen-bond acceptors (Lipinski definition) is 4. The quantitative estimate of drug-likeness (QED) is 0.210. The highest BCUT2D eigenvalue weighted by atomic mass is 16.3. The Morgan fingerprint density at radius 2 is 1.49 bits per heavy atom. The van der Waals surface area contributed by atoms with E-state index in [4.69, 9.17) is 16.5 Å². The van der Waals surface area contributed by atoms with Crippen molar-refractivity contribution >= 4 is 33.8 Å². The van der Waals surface area contributed by atoms with Gasteiger partial charge in [-0.25, -0.2) is 14.8 Å². The lowest BCUT2D eigenvalue weighted by Crippen LogP contribution is -2.31. The van der Waals surface area contributed by atoms with E-state index in [1.54, 1.807) is 12.3 Å². The third-order valence-electron chi connectivity index (χ3n) is 9.01. The largest absolute Gasteiger partial charge is 0.506 e. The summed E-state index contributed by atoms with van der Waals surface area (Å²) in [7, 11) is 0. The minimum Gasteiger partial charge on any atom is -0.506 e. The van der Waals surface area contributed by atoms with Crippen LogP contribution in [0.15, 0.2) is 109 Å². The zero-order valence-corrected chi connectivity index (χ0v) is 26.1. The first-order chi connectivity index (χ1) is 21.6. The molecule has 0 aliphatic carbocycles. The van der Waals surface area contributed by atoms with E-state index in [-0.39, 0.29) is 16.6 Å². The summed E-state index contributed by atoms with van der Waals surface area (Å²) in [5.41, 5.74) is 10.2. The van der Waals surface area contributed by atoms with E-state index in [0.29, 0.717) is 11.2 Å². The van der Waals surface area contributed by atoms with Crippen LogP contribution in [0.25, 0.3) is 38.1 Å². The molecule has 1 aliphatic rings. The van der Waals surface area contributed by atoms with Crippen LogP contribution in [-0.4, -0.2) is 15.1 Å². The zero-order valence-electron chi connectivity index (χ0n) is 26.1. The Balaban J connectivity index is 1.37. The Kier molecular flexibility index (Phi) is 6.49. The molecular formula is C40H34N4O. The Morgan fingerprint density at radius 3 is 2.18 bits per heavy atom. The van der Waals surface area contributed by atoms with Gasteiger partial charge in [0.15, 0.2) is 5.69 Å². The molecule has 2 aromatic heterocycles. The van der Waals surface area contributed by atoms with E-state index < -0.39 is 0 Å². The number of nitrogens with zero attached hydrogens (tertiary/aromatic N) is 4. The summed E-state index contributed by atoms with van der Waals surface area (Å²) in [6.07, 6.45) is 1.79. The van der Waals surface area contributed by atoms with E-state index in [1.807, 2.05) is 42.5 Å². The zero-order chi connectivity index (χ0) is 31.5. The highest BCUT2D eigenvalue weighted by Crippen LogP contribution is 2.53. The summed E-state index contributed by atoms with van der Waals surface area (Å²) in [6.45, 7) is 18.8. The fraction of sp³-hybridized carbons (Fsp3) is 0.175. The van der Waals surface area contributed by atoms with Gasteiger partial charge in [0.2, 0.25) is 0 Å². The van der Waals surface area contributed by atoms with Crippen molar-refractivity contribution < 1.29 is 5.11 Å². The van der Waals surface area contributed by atoms with Crippen LogP contribution in [0.3, 0.4) is 0 Å². The summed E-state index contributed by atoms with van der Waals surface area (Å²) in [6, 6.07) is 34.7. The molecule has 5 nitrogen and oxygen atoms in total. The highest BCUT2D eigenvalue weighted by molar-refractivity contribution is 5.99. The normalized spacial score (nSPS) is 13.6. The molecule has 5 heteroatoms. The maximum Gasteiger partial charge on any atom is 0.189 e. The van der Waals surface area contributed by atoms with Gasteiger partial charge < -0.3 is 5.11 Å². The predicted molar refractivity (Wildman–Crippen MR) is 184 cm³/mol. The van der Waals surface area contributed by atoms with Crippen LogP contribution in [0.5, 0.6) is 5.75 Å². The summed E-state index contributed by atoms with van der Waals surface area (Å²) in [4.78, 5) is 15.6. The molecule has 1 N–H and O–H groups in total. The molecule has 0 fully saturated rings. The molecule has 0 saturated carbocycles. The number of aromatic hydroxyl groups is 1. The van der Waals surface area contributed by atoms with Crippen molar-refractivity contribution in [3.05, 3.63) is 137 Å². The minimum atomic E-state index is -0.304. The van der Waals surface area contributed by atoms with Crippen molar-refractivity contribution in [1.29, 1.82) is 0 Å². The lowest BCUT2D eigenvalue weighted by atomic mass is 9.73. The van der Waals surface area contributed by atoms with Crippen molar-refractivity contribution in [3.63, 3.8) is 0 Å². The molecule has 0 radical (unpaired) electrons. The van der Waals surface area contributed by atoms with Crippen molar-refractivity contribution in [2.45, 2.75) is 45.4 Å². The number of phenols is 1. The van der Waals surface area contributed by atoms with Gasteiger partial charge in [0, 0.05) is 28.2 Å². The standard InChI is InChI=1S/C40H34N4O/c1-39(2,3)27-13-10-25(11-14-27)29-17-21-36(45)38-30(29)16-20-33(43-38)26-12-18-31-34(23-26)44(37-9-7-8-22-42-37)35-24-28(41-6)15-19-32(35)40(31,4)5/h7-24,45H,1-5H3. The van der Waals surface area contributed by atoms with Gasteiger partial charge in [-0.05, 0) is 81.8 Å². The second kappa shape index (κ2) is 10.3. The molecule has 220 valence electrons. The SMILES string of the molecule is [C-]#[N+]c1ccc2c(c1)N(c1ccccn1)c1cc(-c3ccc4c(-c5ccc(C(C)(C)C)cc5)ccc(O)c4n3)ccc1C2(C)C. The molecule has 1 aliphatic heterocycles. The first kappa shape index (κ1) is 28.3. The number of hydrogen-bond donors (Lipinski definition) is 1. The summed E-state index contributed by atoms with van der Waals surface area (Å²) in [5, 5.41) is 11.9. The number of anilines is 3. The summed E-state index contributed by atoms with van der Waals surface area (Å²) < 4.78 is 0. The van der Waals surface area contributed by atoms with Gasteiger partial charge in [-0.3, -0.25) is 4.90 Å². The Hall–Kier alpha value is -5.47. The number of pyridine rings is 2. The molecule has 0 atom stereocenters. The lowest BCUT2D eigenvalue weighted by Gasteiger charge is -2.42. The average Bonchev–Trinajstić information content (AvgIpc) is 3.04. The van der Waals surface area contributed by atoms with E-state index in [9.17, 15) is 5.11 Å². The lowest BCUT2D eigenvalue weighted by molar-refractivity contribution is 0.480. The van der Waals surface area contributed by atoms with E-state index in [1.165, 1.54) is 5.56 Å². The van der Waals surface area contributed by atoms with Crippen LogP contribution in [-0.2, 0) is 10.8 Å². The molecular weight excluding hydrogens is 552 g/mol. The molecule has 0 saturated heterocycles. The monoisotopic (exact) mass is 586 g/mol. The minimum absolute atomic E-state index is 0.0730. The molecule has 6 aromatic rings. The van der Waals surface area contributed by atoms with Crippen molar-refractivity contribution in [2.24, 2.45) is 0 Å². The number of fused-ring (bicyclic) bond motifs is 3. The second-order valence-electron chi connectivity index (χ2n) is 13.2. The summed E-state index contributed by atoms with van der Waals surface area (Å²) in [5.74, 6) is 0.928. The van der Waals surface area contributed by atoms with Crippen LogP contribution < -0.4 is 4.90 Å². The fourth-order valence-electron chi connectivity index (χ4n) is 6.48. The van der Waals surface area contributed by atoms with Crippen LogP contribution in [0, 0.1) is 6.57 Å². The van der Waals surface area contributed by atoms with Crippen LogP contribution in [0.1, 0.15) is 51.3 Å². The smallest absolute Gasteiger partial charge is 0.189 e. The molecule has 3 heterocycles. The average molecular weight is 587 g/mol. The van der Waals surface area contributed by atoms with Gasteiger partial charge in [-0.15, -0.1) is 0 Å². The van der Waals surface area contributed by atoms with E-state index in [2.05, 4.69) is 99.0 Å². The van der Waals surface area contributed by atoms with Crippen molar-refractivity contribution in [1.82, 2.24) is 9.97 Å². The summed E-state index contributed by atoms with van der Waals surface area (Å²) >= 11 is 0. The topological polar surface area (TPSA) is 53.6 Å². The van der Waals surface area contributed by atoms with Crippen LogP contribution >= 0.6 is 0 Å². The third-order valence-corrected chi connectivity index (χ3v) is 9.01. The number of rotatable bonds is 3. The van der Waals surface area contributed by atoms with Crippen molar-refractivity contribution in [3.8, 4) is 28.1 Å². The number of benzene rings is 4. The molecule has 0 amide bonds. The van der Waals surface area contributed by atoms with E-state index >= 15 is 0 Å². The van der Waals surface area contributed by atoms with Gasteiger partial charge in [0.1, 0.15) is 17.1 Å². The molecule has 0 bridgehead atoms. The molecule has 45 heavy (non-hydrogen) atoms. The number of phenolic OH excluding ortho intramolecular Hbond substituents is 1. The van der Waals surface area contributed by atoms with Gasteiger partial charge in [-0.1, -0.05) is 89.2 Å². The van der Waals surface area contributed by atoms with Crippen LogP contribution in [0.4, 0.5) is 22.9 Å². The van der Waals surface area contributed by atoms with Gasteiger partial charge >= 0.3 is 0 Å². The molecule has 4 aromatic carbocycles. The Bertz CT molecular complexity index is 2140. The van der Waals surface area contributed by atoms with Crippen LogP contribution in [0.2, 0.25) is 0 Å². The van der Waals surface area contributed by atoms with Gasteiger partial charge in [0.05, 0.1) is 18.0 Å². The maximum absolute atomic E-state index is 11.0. The first-order valence-electron chi connectivity index (χ1n) is 15.2. The molecule has 7 rings (SSSR count). The second-order valence-corrected chi connectivity index (χ2v) is 13.2. The first-order valence-corrected chi connectivity index (χ1v) is 15.2. The van der Waals surface area contributed by atoms with Gasteiger partial charge in [0.25, 0.3) is 0 Å².